The van der Waals surface area contributed by atoms with E-state index in [2.05, 4.69) is 4.74 Å². The lowest BCUT2D eigenvalue weighted by atomic mass is 9.75. The van der Waals surface area contributed by atoms with Gasteiger partial charge in [0.15, 0.2) is 0 Å². The fourth-order valence-electron chi connectivity index (χ4n) is 3.31. The van der Waals surface area contributed by atoms with Crippen molar-refractivity contribution in [2.24, 2.45) is 17.8 Å². The van der Waals surface area contributed by atoms with E-state index in [1.165, 1.54) is 0 Å². The number of ether oxygens (including phenoxy) is 3. The summed E-state index contributed by atoms with van der Waals surface area (Å²) in [4.78, 5) is 10.7. The Labute approximate surface area is 132 Å². The number of halogens is 4. The van der Waals surface area contributed by atoms with Crippen LogP contribution in [0.2, 0.25) is 0 Å². The van der Waals surface area contributed by atoms with Gasteiger partial charge in [-0.2, -0.15) is 13.2 Å². The normalized spacial score (nSPS) is 32.5. The molecule has 4 nitrogen and oxygen atoms in total. The zero-order valence-corrected chi connectivity index (χ0v) is 12.8. The third kappa shape index (κ3) is 5.60. The number of rotatable bonds is 5. The van der Waals surface area contributed by atoms with Gasteiger partial charge in [-0.25, -0.2) is 4.79 Å². The third-order valence-corrected chi connectivity index (χ3v) is 4.63. The van der Waals surface area contributed by atoms with Crippen molar-refractivity contribution >= 4 is 5.97 Å². The lowest BCUT2D eigenvalue weighted by Gasteiger charge is -2.37. The molecule has 0 amide bonds. The second kappa shape index (κ2) is 8.28. The van der Waals surface area contributed by atoms with E-state index in [9.17, 15) is 22.4 Å². The molecule has 1 saturated heterocycles. The Balaban J connectivity index is 1.68. The summed E-state index contributed by atoms with van der Waals surface area (Å²) in [5.74, 6) is -1.27. The Morgan fingerprint density at radius 3 is 2.17 bits per heavy atom. The highest BCUT2D eigenvalue weighted by molar-refractivity contribution is 5.75. The average molecular weight is 342 g/mol. The molecule has 134 valence electrons. The molecular formula is C15H22F4O4. The van der Waals surface area contributed by atoms with Crippen LogP contribution in [0.5, 0.6) is 0 Å². The van der Waals surface area contributed by atoms with Crippen molar-refractivity contribution in [3.63, 3.8) is 0 Å². The summed E-state index contributed by atoms with van der Waals surface area (Å²) >= 11 is 0. The zero-order chi connectivity index (χ0) is 16.9. The molecule has 2 aliphatic rings. The van der Waals surface area contributed by atoms with Crippen molar-refractivity contribution in [2.75, 3.05) is 19.9 Å². The number of hydrogen-bond acceptors (Lipinski definition) is 4. The SMILES string of the molecule is O=C(OC1OCC(C2CCC(CCCF)CC2)CO1)C(F)(F)F. The third-order valence-electron chi connectivity index (χ3n) is 4.63. The van der Waals surface area contributed by atoms with Gasteiger partial charge in [-0.1, -0.05) is 12.8 Å². The maximum Gasteiger partial charge on any atom is 0.491 e. The van der Waals surface area contributed by atoms with Crippen molar-refractivity contribution in [3.8, 4) is 0 Å². The number of carbonyl (C=O) groups excluding carboxylic acids is 1. The topological polar surface area (TPSA) is 44.8 Å². The van der Waals surface area contributed by atoms with Gasteiger partial charge in [0.2, 0.25) is 0 Å². The van der Waals surface area contributed by atoms with Gasteiger partial charge in [0, 0.05) is 5.92 Å². The van der Waals surface area contributed by atoms with Crippen LogP contribution in [-0.2, 0) is 19.0 Å². The lowest BCUT2D eigenvalue weighted by molar-refractivity contribution is -0.324. The quantitative estimate of drug-likeness (QED) is 0.566. The Morgan fingerprint density at radius 2 is 1.65 bits per heavy atom. The molecule has 0 atom stereocenters. The maximum atomic E-state index is 12.2. The van der Waals surface area contributed by atoms with E-state index in [-0.39, 0.29) is 25.8 Å². The highest BCUT2D eigenvalue weighted by Gasteiger charge is 2.43. The highest BCUT2D eigenvalue weighted by atomic mass is 19.4. The van der Waals surface area contributed by atoms with Gasteiger partial charge in [0.25, 0.3) is 0 Å². The van der Waals surface area contributed by atoms with Crippen LogP contribution in [-0.4, -0.2) is 38.5 Å². The molecule has 23 heavy (non-hydrogen) atoms. The van der Waals surface area contributed by atoms with Crippen LogP contribution in [0, 0.1) is 17.8 Å². The van der Waals surface area contributed by atoms with E-state index in [0.29, 0.717) is 18.3 Å². The first kappa shape index (κ1) is 18.4. The molecule has 8 heteroatoms. The summed E-state index contributed by atoms with van der Waals surface area (Å²) in [5.41, 5.74) is 0. The summed E-state index contributed by atoms with van der Waals surface area (Å²) in [7, 11) is 0. The molecule has 0 aromatic heterocycles. The largest absolute Gasteiger partial charge is 0.491 e. The minimum absolute atomic E-state index is 0.0953. The molecule has 0 radical (unpaired) electrons. The summed E-state index contributed by atoms with van der Waals surface area (Å²) in [5, 5.41) is 0. The van der Waals surface area contributed by atoms with Gasteiger partial charge < -0.3 is 14.2 Å². The van der Waals surface area contributed by atoms with Gasteiger partial charge >= 0.3 is 18.6 Å². The van der Waals surface area contributed by atoms with E-state index < -0.39 is 18.6 Å². The molecule has 0 N–H and O–H groups in total. The smallest absolute Gasteiger partial charge is 0.404 e. The van der Waals surface area contributed by atoms with Gasteiger partial charge in [-0.15, -0.1) is 0 Å². The van der Waals surface area contributed by atoms with Crippen LogP contribution >= 0.6 is 0 Å². The van der Waals surface area contributed by atoms with E-state index >= 15 is 0 Å². The molecule has 2 rings (SSSR count). The fourth-order valence-corrected chi connectivity index (χ4v) is 3.31. The molecular weight excluding hydrogens is 320 g/mol. The molecule has 1 saturated carbocycles. The van der Waals surface area contributed by atoms with Gasteiger partial charge in [0.05, 0.1) is 19.9 Å². The zero-order valence-electron chi connectivity index (χ0n) is 12.8. The van der Waals surface area contributed by atoms with Crippen molar-refractivity contribution < 1.29 is 36.6 Å². The van der Waals surface area contributed by atoms with Crippen LogP contribution < -0.4 is 0 Å². The van der Waals surface area contributed by atoms with Crippen LogP contribution in [0.15, 0.2) is 0 Å². The van der Waals surface area contributed by atoms with Crippen LogP contribution in [0.1, 0.15) is 38.5 Å². The van der Waals surface area contributed by atoms with E-state index in [4.69, 9.17) is 9.47 Å². The predicted molar refractivity (Wildman–Crippen MR) is 72.0 cm³/mol. The number of esters is 1. The van der Waals surface area contributed by atoms with Crippen molar-refractivity contribution in [1.29, 1.82) is 0 Å². The molecule has 0 bridgehead atoms. The molecule has 1 aliphatic heterocycles. The van der Waals surface area contributed by atoms with Crippen molar-refractivity contribution in [1.82, 2.24) is 0 Å². The predicted octanol–water partition coefficient (Wildman–Crippen LogP) is 3.59. The minimum atomic E-state index is -5.05. The monoisotopic (exact) mass is 342 g/mol. The average Bonchev–Trinajstić information content (AvgIpc) is 2.53. The van der Waals surface area contributed by atoms with Crippen LogP contribution in [0.3, 0.4) is 0 Å². The molecule has 1 aliphatic carbocycles. The van der Waals surface area contributed by atoms with Gasteiger partial charge in [0.1, 0.15) is 0 Å². The summed E-state index contributed by atoms with van der Waals surface area (Å²) in [6.07, 6.45) is 0.513. The van der Waals surface area contributed by atoms with Crippen LogP contribution in [0.4, 0.5) is 17.6 Å². The van der Waals surface area contributed by atoms with Gasteiger partial charge in [-0.3, -0.25) is 4.39 Å². The standard InChI is InChI=1S/C15H22F4O4/c16-7-1-2-10-3-5-11(6-4-10)12-8-21-14(22-9-12)23-13(20)15(17,18)19/h10-12,14H,1-9H2. The molecule has 0 unspecified atom stereocenters. The Bertz CT molecular complexity index is 372. The Morgan fingerprint density at radius 1 is 1.04 bits per heavy atom. The fraction of sp³-hybridized carbons (Fsp3) is 0.933. The highest BCUT2D eigenvalue weighted by Crippen LogP contribution is 2.37. The second-order valence-corrected chi connectivity index (χ2v) is 6.23. The summed E-state index contributed by atoms with van der Waals surface area (Å²) in [6.45, 7) is -1.42. The Kier molecular flexibility index (Phi) is 6.64. The molecule has 0 spiro atoms. The molecule has 0 aromatic carbocycles. The minimum Gasteiger partial charge on any atom is -0.404 e. The number of alkyl halides is 4. The lowest BCUT2D eigenvalue weighted by Crippen LogP contribution is -2.41. The first-order valence-corrected chi connectivity index (χ1v) is 7.97. The van der Waals surface area contributed by atoms with Crippen LogP contribution in [0.25, 0.3) is 0 Å². The first-order valence-electron chi connectivity index (χ1n) is 7.97. The van der Waals surface area contributed by atoms with Crippen molar-refractivity contribution in [2.45, 2.75) is 51.2 Å². The molecule has 2 fully saturated rings. The number of hydrogen-bond donors (Lipinski definition) is 0. The maximum absolute atomic E-state index is 12.2. The number of carbonyl (C=O) groups is 1. The van der Waals surface area contributed by atoms with Gasteiger partial charge in [-0.05, 0) is 37.5 Å². The molecule has 1 heterocycles. The first-order chi connectivity index (χ1) is 10.9. The van der Waals surface area contributed by atoms with E-state index in [0.717, 1.165) is 32.1 Å². The molecule has 0 aromatic rings. The summed E-state index contributed by atoms with van der Waals surface area (Å²) < 4.78 is 62.7. The Hall–Kier alpha value is -0.890. The summed E-state index contributed by atoms with van der Waals surface area (Å²) in [6, 6.07) is 0. The second-order valence-electron chi connectivity index (χ2n) is 6.23. The van der Waals surface area contributed by atoms with E-state index in [1.54, 1.807) is 0 Å². The van der Waals surface area contributed by atoms with Crippen molar-refractivity contribution in [3.05, 3.63) is 0 Å². The van der Waals surface area contributed by atoms with E-state index in [1.807, 2.05) is 0 Å².